The normalized spacial score (nSPS) is 26.4. The van der Waals surface area contributed by atoms with Gasteiger partial charge >= 0.3 is 23.9 Å². The summed E-state index contributed by atoms with van der Waals surface area (Å²) in [5.74, 6) is -3.36. The highest BCUT2D eigenvalue weighted by atomic mass is 16.6. The highest BCUT2D eigenvalue weighted by Crippen LogP contribution is 2.51. The molecule has 2 rings (SSSR count). The predicted molar refractivity (Wildman–Crippen MR) is 91.3 cm³/mol. The molecule has 0 spiro atoms. The number of esters is 4. The van der Waals surface area contributed by atoms with Crippen LogP contribution < -0.4 is 5.32 Å². The Labute approximate surface area is 157 Å². The van der Waals surface area contributed by atoms with E-state index in [1.807, 2.05) is 0 Å². The third kappa shape index (κ3) is 3.20. The first-order valence-electron chi connectivity index (χ1n) is 8.69. The minimum absolute atomic E-state index is 0.0652. The number of ether oxygens (including phenoxy) is 4. The van der Waals surface area contributed by atoms with Gasteiger partial charge in [0.25, 0.3) is 0 Å². The van der Waals surface area contributed by atoms with Crippen molar-refractivity contribution in [1.29, 1.82) is 0 Å². The first-order chi connectivity index (χ1) is 12.6. The van der Waals surface area contributed by atoms with Crippen LogP contribution in [0.5, 0.6) is 0 Å². The standard InChI is InChI=1S/C18H25NO8/c1-9(2)26-13(20)11-12(14(21)27-10(3)4)18(16(23)25-6)8-7-17(11,19-18)15(22)24-5/h9-10,19H,7-8H2,1-6H3. The number of nitrogens with one attached hydrogen (secondary N) is 1. The molecule has 0 aromatic rings. The van der Waals surface area contributed by atoms with Crippen molar-refractivity contribution in [2.45, 2.75) is 63.8 Å². The number of methoxy groups -OCH3 is 2. The minimum Gasteiger partial charge on any atom is -0.467 e. The molecule has 2 aliphatic heterocycles. The van der Waals surface area contributed by atoms with Crippen molar-refractivity contribution in [3.8, 4) is 0 Å². The van der Waals surface area contributed by atoms with E-state index in [-0.39, 0.29) is 24.0 Å². The molecule has 2 atom stereocenters. The van der Waals surface area contributed by atoms with E-state index in [1.54, 1.807) is 27.7 Å². The summed E-state index contributed by atoms with van der Waals surface area (Å²) in [6, 6.07) is 0. The minimum atomic E-state index is -1.68. The smallest absolute Gasteiger partial charge is 0.337 e. The van der Waals surface area contributed by atoms with Crippen molar-refractivity contribution >= 4 is 23.9 Å². The zero-order chi connectivity index (χ0) is 20.6. The zero-order valence-corrected chi connectivity index (χ0v) is 16.3. The van der Waals surface area contributed by atoms with E-state index in [9.17, 15) is 19.2 Å². The third-order valence-electron chi connectivity index (χ3n) is 4.57. The van der Waals surface area contributed by atoms with Gasteiger partial charge in [-0.15, -0.1) is 0 Å². The molecule has 1 fully saturated rings. The summed E-state index contributed by atoms with van der Waals surface area (Å²) in [5, 5.41) is 2.84. The fourth-order valence-electron chi connectivity index (χ4n) is 3.62. The monoisotopic (exact) mass is 383 g/mol. The molecule has 2 bridgehead atoms. The summed E-state index contributed by atoms with van der Waals surface area (Å²) in [6.45, 7) is 6.52. The topological polar surface area (TPSA) is 117 Å². The molecule has 0 aromatic carbocycles. The van der Waals surface area contributed by atoms with E-state index in [0.29, 0.717) is 0 Å². The van der Waals surface area contributed by atoms with Crippen LogP contribution in [0, 0.1) is 0 Å². The number of fused-ring (bicyclic) bond motifs is 2. The van der Waals surface area contributed by atoms with Crippen LogP contribution in [0.15, 0.2) is 11.1 Å². The van der Waals surface area contributed by atoms with Gasteiger partial charge in [-0.05, 0) is 40.5 Å². The van der Waals surface area contributed by atoms with Gasteiger partial charge < -0.3 is 18.9 Å². The van der Waals surface area contributed by atoms with Gasteiger partial charge in [-0.1, -0.05) is 0 Å². The van der Waals surface area contributed by atoms with Crippen LogP contribution >= 0.6 is 0 Å². The van der Waals surface area contributed by atoms with Crippen molar-refractivity contribution in [2.24, 2.45) is 0 Å². The Hall–Kier alpha value is -2.42. The van der Waals surface area contributed by atoms with Crippen LogP contribution in [0.2, 0.25) is 0 Å². The lowest BCUT2D eigenvalue weighted by molar-refractivity contribution is -0.152. The van der Waals surface area contributed by atoms with E-state index >= 15 is 0 Å². The van der Waals surface area contributed by atoms with Crippen molar-refractivity contribution in [3.63, 3.8) is 0 Å². The van der Waals surface area contributed by atoms with Crippen LogP contribution in [-0.2, 0) is 38.1 Å². The summed E-state index contributed by atoms with van der Waals surface area (Å²) >= 11 is 0. The molecule has 2 unspecified atom stereocenters. The Morgan fingerprint density at radius 2 is 1.11 bits per heavy atom. The molecule has 9 heteroatoms. The van der Waals surface area contributed by atoms with Crippen LogP contribution in [0.4, 0.5) is 0 Å². The summed E-state index contributed by atoms with van der Waals surface area (Å²) in [4.78, 5) is 50.9. The molecule has 0 amide bonds. The first-order valence-corrected chi connectivity index (χ1v) is 8.69. The first kappa shape index (κ1) is 20.9. The molecular weight excluding hydrogens is 358 g/mol. The van der Waals surface area contributed by atoms with E-state index in [0.717, 1.165) is 14.2 Å². The van der Waals surface area contributed by atoms with Crippen molar-refractivity contribution < 1.29 is 38.1 Å². The SMILES string of the molecule is COC(=O)C12CCC(C(=O)OC)(N1)C(C(=O)OC(C)C)=C2C(=O)OC(C)C. The Kier molecular flexibility index (Phi) is 5.65. The fourth-order valence-corrected chi connectivity index (χ4v) is 3.62. The van der Waals surface area contributed by atoms with Gasteiger partial charge in [0.15, 0.2) is 11.1 Å². The van der Waals surface area contributed by atoms with Crippen LogP contribution in [0.3, 0.4) is 0 Å². The van der Waals surface area contributed by atoms with E-state index in [1.165, 1.54) is 0 Å². The molecule has 1 saturated heterocycles. The highest BCUT2D eigenvalue weighted by Gasteiger charge is 2.71. The van der Waals surface area contributed by atoms with Crippen LogP contribution in [0.25, 0.3) is 0 Å². The predicted octanol–water partition coefficient (Wildman–Crippen LogP) is 0.407. The molecule has 2 heterocycles. The lowest BCUT2D eigenvalue weighted by Gasteiger charge is -2.27. The van der Waals surface area contributed by atoms with Gasteiger partial charge in [-0.25, -0.2) is 19.2 Å². The van der Waals surface area contributed by atoms with Gasteiger partial charge in [-0.2, -0.15) is 0 Å². The number of carbonyl (C=O) groups excluding carboxylic acids is 4. The Morgan fingerprint density at radius 3 is 1.37 bits per heavy atom. The Balaban J connectivity index is 2.75. The molecule has 1 N–H and O–H groups in total. The van der Waals surface area contributed by atoms with Crippen LogP contribution in [-0.4, -0.2) is 61.4 Å². The lowest BCUT2D eigenvalue weighted by Crippen LogP contribution is -2.55. The average molecular weight is 383 g/mol. The molecule has 0 saturated carbocycles. The largest absolute Gasteiger partial charge is 0.467 e. The van der Waals surface area contributed by atoms with Gasteiger partial charge in [0.05, 0.1) is 37.6 Å². The fraction of sp³-hybridized carbons (Fsp3) is 0.667. The Morgan fingerprint density at radius 1 is 0.778 bits per heavy atom. The van der Waals surface area contributed by atoms with Crippen LogP contribution in [0.1, 0.15) is 40.5 Å². The zero-order valence-electron chi connectivity index (χ0n) is 16.3. The second kappa shape index (κ2) is 7.30. The van der Waals surface area contributed by atoms with E-state index < -0.39 is 47.2 Å². The number of hydrogen-bond donors (Lipinski definition) is 1. The van der Waals surface area contributed by atoms with Gasteiger partial charge in [0.2, 0.25) is 0 Å². The molecule has 150 valence electrons. The summed E-state index contributed by atoms with van der Waals surface area (Å²) < 4.78 is 20.2. The third-order valence-corrected chi connectivity index (χ3v) is 4.57. The summed E-state index contributed by atoms with van der Waals surface area (Å²) in [6.07, 6.45) is -0.878. The summed E-state index contributed by atoms with van der Waals surface area (Å²) in [5.41, 5.74) is -3.88. The van der Waals surface area contributed by atoms with Crippen molar-refractivity contribution in [2.75, 3.05) is 14.2 Å². The quantitative estimate of drug-likeness (QED) is 0.514. The summed E-state index contributed by atoms with van der Waals surface area (Å²) in [7, 11) is 2.32. The maximum atomic E-state index is 12.8. The van der Waals surface area contributed by atoms with Gasteiger partial charge in [0, 0.05) is 0 Å². The second-order valence-electron chi connectivity index (χ2n) is 7.08. The highest BCUT2D eigenvalue weighted by molar-refractivity contribution is 6.15. The molecule has 2 aliphatic rings. The lowest BCUT2D eigenvalue weighted by atomic mass is 9.76. The second-order valence-corrected chi connectivity index (χ2v) is 7.08. The number of carbonyl (C=O) groups is 4. The maximum absolute atomic E-state index is 12.8. The van der Waals surface area contributed by atoms with Crippen molar-refractivity contribution in [1.82, 2.24) is 5.32 Å². The molecular formula is C18H25NO8. The molecule has 27 heavy (non-hydrogen) atoms. The molecule has 0 aliphatic carbocycles. The van der Waals surface area contributed by atoms with Gasteiger partial charge in [-0.3, -0.25) is 5.32 Å². The van der Waals surface area contributed by atoms with Gasteiger partial charge in [0.1, 0.15) is 0 Å². The number of hydrogen-bond acceptors (Lipinski definition) is 9. The Bertz CT molecular complexity index is 652. The average Bonchev–Trinajstić information content (AvgIpc) is 3.13. The van der Waals surface area contributed by atoms with E-state index in [2.05, 4.69) is 5.32 Å². The maximum Gasteiger partial charge on any atom is 0.337 e. The van der Waals surface area contributed by atoms with E-state index in [4.69, 9.17) is 18.9 Å². The van der Waals surface area contributed by atoms with Crippen molar-refractivity contribution in [3.05, 3.63) is 11.1 Å². The number of rotatable bonds is 6. The molecule has 0 radical (unpaired) electrons. The molecule has 0 aromatic heterocycles. The molecule has 9 nitrogen and oxygen atoms in total.